The van der Waals surface area contributed by atoms with E-state index in [-0.39, 0.29) is 47.1 Å². The molecule has 0 unspecified atom stereocenters. The van der Waals surface area contributed by atoms with E-state index in [1.54, 1.807) is 6.07 Å². The molecule has 0 radical (unpaired) electrons. The van der Waals surface area contributed by atoms with Crippen LogP contribution in [0, 0.1) is 44.4 Å². The van der Waals surface area contributed by atoms with E-state index in [9.17, 15) is 14.4 Å². The fourth-order valence-electron chi connectivity index (χ4n) is 5.93. The lowest BCUT2D eigenvalue weighted by Crippen LogP contribution is -2.32. The summed E-state index contributed by atoms with van der Waals surface area (Å²) in [6.45, 7) is 6.04. The van der Waals surface area contributed by atoms with Crippen LogP contribution in [0.1, 0.15) is 23.1 Å². The molecule has 6 nitrogen and oxygen atoms in total. The van der Waals surface area contributed by atoms with Gasteiger partial charge in [0.2, 0.25) is 17.7 Å². The molecular weight excluding hydrogens is 478 g/mol. The first-order valence-corrected chi connectivity index (χ1v) is 13.6. The Kier molecular flexibility index (Phi) is 5.34. The van der Waals surface area contributed by atoms with Crippen LogP contribution in [-0.2, 0) is 14.4 Å². The minimum atomic E-state index is -0.208. The van der Waals surface area contributed by atoms with Gasteiger partial charge in [0.15, 0.2) is 4.34 Å². The first-order chi connectivity index (χ1) is 16.8. The SMILES string of the molecule is Cc1cc(C)c(NC(=O)CSc2nc3ccc(N4C(=O)[C@H]5[C@H](C4=O)[C@H]4C=C[C@H]5C4)cc3s2)c(C)c1. The van der Waals surface area contributed by atoms with Gasteiger partial charge < -0.3 is 5.32 Å². The van der Waals surface area contributed by atoms with Gasteiger partial charge in [-0.25, -0.2) is 9.88 Å². The number of imide groups is 1. The highest BCUT2D eigenvalue weighted by Gasteiger charge is 2.59. The van der Waals surface area contributed by atoms with Gasteiger partial charge in [0.05, 0.1) is 33.5 Å². The number of thiazole rings is 1. The number of rotatable bonds is 5. The molecule has 1 saturated heterocycles. The van der Waals surface area contributed by atoms with Crippen LogP contribution >= 0.6 is 23.1 Å². The van der Waals surface area contributed by atoms with Gasteiger partial charge in [-0.2, -0.15) is 0 Å². The maximum absolute atomic E-state index is 13.1. The maximum Gasteiger partial charge on any atom is 0.238 e. The highest BCUT2D eigenvalue weighted by Crippen LogP contribution is 2.53. The first kappa shape index (κ1) is 22.5. The summed E-state index contributed by atoms with van der Waals surface area (Å²) in [5.74, 6) is -0.00204. The Labute approximate surface area is 211 Å². The Morgan fingerprint density at radius 1 is 1.06 bits per heavy atom. The van der Waals surface area contributed by atoms with E-state index in [4.69, 9.17) is 0 Å². The number of aryl methyl sites for hydroxylation is 3. The number of anilines is 2. The zero-order valence-corrected chi connectivity index (χ0v) is 21.3. The Morgan fingerprint density at radius 2 is 1.71 bits per heavy atom. The molecule has 3 amide bonds. The summed E-state index contributed by atoms with van der Waals surface area (Å²) in [5, 5.41) is 3.03. The van der Waals surface area contributed by atoms with Crippen molar-refractivity contribution in [3.8, 4) is 0 Å². The van der Waals surface area contributed by atoms with Gasteiger partial charge in [-0.1, -0.05) is 41.6 Å². The van der Waals surface area contributed by atoms with Crippen LogP contribution in [0.15, 0.2) is 46.8 Å². The topological polar surface area (TPSA) is 79.4 Å². The molecular formula is C27H25N3O3S2. The molecule has 3 aromatic rings. The summed E-state index contributed by atoms with van der Waals surface area (Å²) in [7, 11) is 0. The number of thioether (sulfide) groups is 1. The molecule has 1 N–H and O–H groups in total. The molecule has 2 aromatic carbocycles. The summed E-state index contributed by atoms with van der Waals surface area (Å²) >= 11 is 2.86. The van der Waals surface area contributed by atoms with Crippen molar-refractivity contribution in [1.29, 1.82) is 0 Å². The second-order valence-corrected chi connectivity index (χ2v) is 12.0. The summed E-state index contributed by atoms with van der Waals surface area (Å²) in [6.07, 6.45) is 5.13. The second-order valence-electron chi connectivity index (χ2n) is 9.75. The number of hydrogen-bond donors (Lipinski definition) is 1. The summed E-state index contributed by atoms with van der Waals surface area (Å²) < 4.78 is 1.68. The van der Waals surface area contributed by atoms with Crippen molar-refractivity contribution >= 4 is 62.4 Å². The normalized spacial score (nSPS) is 24.6. The minimum Gasteiger partial charge on any atom is -0.325 e. The van der Waals surface area contributed by atoms with Gasteiger partial charge in [-0.05, 0) is 68.4 Å². The average molecular weight is 504 g/mol. The molecule has 8 heteroatoms. The third-order valence-electron chi connectivity index (χ3n) is 7.35. The lowest BCUT2D eigenvalue weighted by Gasteiger charge is -2.17. The van der Waals surface area contributed by atoms with E-state index >= 15 is 0 Å². The van der Waals surface area contributed by atoms with Crippen molar-refractivity contribution < 1.29 is 14.4 Å². The molecule has 2 aliphatic carbocycles. The van der Waals surface area contributed by atoms with Crippen molar-refractivity contribution in [3.63, 3.8) is 0 Å². The van der Waals surface area contributed by atoms with Crippen LogP contribution in [0.5, 0.6) is 0 Å². The number of carbonyl (C=O) groups excluding carboxylic acids is 3. The van der Waals surface area contributed by atoms with Gasteiger partial charge in [0.25, 0.3) is 0 Å². The molecule has 0 spiro atoms. The second kappa shape index (κ2) is 8.31. The van der Waals surface area contributed by atoms with Crippen molar-refractivity contribution in [3.05, 3.63) is 59.2 Å². The first-order valence-electron chi connectivity index (χ1n) is 11.8. The van der Waals surface area contributed by atoms with E-state index < -0.39 is 0 Å². The van der Waals surface area contributed by atoms with E-state index in [2.05, 4.69) is 34.6 Å². The standard InChI is InChI=1S/C27H25N3O3S2/c1-13-8-14(2)24(15(3)9-13)29-21(31)12-34-27-28-19-7-6-18(11-20(19)35-27)30-25(32)22-16-4-5-17(10-16)23(22)26(30)33/h4-9,11,16-17,22-23H,10,12H2,1-3H3,(H,29,31)/t16-,17-,22+,23+/m0/s1. The number of aromatic nitrogens is 1. The fraction of sp³-hybridized carbons (Fsp3) is 0.333. The van der Waals surface area contributed by atoms with Crippen molar-refractivity contribution in [2.24, 2.45) is 23.7 Å². The Morgan fingerprint density at radius 3 is 2.37 bits per heavy atom. The Bertz CT molecular complexity index is 1390. The van der Waals surface area contributed by atoms with Crippen molar-refractivity contribution in [1.82, 2.24) is 4.98 Å². The van der Waals surface area contributed by atoms with Gasteiger partial charge in [-0.15, -0.1) is 11.3 Å². The van der Waals surface area contributed by atoms with Crippen LogP contribution in [0.2, 0.25) is 0 Å². The van der Waals surface area contributed by atoms with E-state index in [1.165, 1.54) is 33.6 Å². The zero-order chi connectivity index (χ0) is 24.4. The predicted octanol–water partition coefficient (Wildman–Crippen LogP) is 5.26. The Balaban J connectivity index is 1.16. The molecule has 2 bridgehead atoms. The molecule has 178 valence electrons. The molecule has 4 atom stereocenters. The van der Waals surface area contributed by atoms with Gasteiger partial charge >= 0.3 is 0 Å². The smallest absolute Gasteiger partial charge is 0.238 e. The molecule has 2 heterocycles. The minimum absolute atomic E-state index is 0.0753. The number of hydrogen-bond acceptors (Lipinski definition) is 6. The number of fused-ring (bicyclic) bond motifs is 6. The number of carbonyl (C=O) groups is 3. The summed E-state index contributed by atoms with van der Waals surface area (Å²) in [5.41, 5.74) is 5.55. The monoisotopic (exact) mass is 503 g/mol. The average Bonchev–Trinajstić information content (AvgIpc) is 3.57. The number of amides is 3. The number of nitrogens with one attached hydrogen (secondary N) is 1. The lowest BCUT2D eigenvalue weighted by atomic mass is 9.85. The molecule has 1 saturated carbocycles. The summed E-state index contributed by atoms with van der Waals surface area (Å²) in [4.78, 5) is 44.9. The molecule has 1 aromatic heterocycles. The van der Waals surface area contributed by atoms with E-state index in [0.29, 0.717) is 5.69 Å². The van der Waals surface area contributed by atoms with Crippen LogP contribution < -0.4 is 10.2 Å². The van der Waals surface area contributed by atoms with Crippen molar-refractivity contribution in [2.45, 2.75) is 31.5 Å². The predicted molar refractivity (Wildman–Crippen MR) is 140 cm³/mol. The van der Waals surface area contributed by atoms with Crippen molar-refractivity contribution in [2.75, 3.05) is 16.0 Å². The quantitative estimate of drug-likeness (QED) is 0.292. The third kappa shape index (κ3) is 3.70. The highest BCUT2D eigenvalue weighted by molar-refractivity contribution is 8.01. The molecule has 6 rings (SSSR count). The number of allylic oxidation sites excluding steroid dienone is 2. The van der Waals surface area contributed by atoms with Gasteiger partial charge in [-0.3, -0.25) is 14.4 Å². The molecule has 2 fully saturated rings. The molecule has 35 heavy (non-hydrogen) atoms. The van der Waals surface area contributed by atoms with Gasteiger partial charge in [0.1, 0.15) is 0 Å². The van der Waals surface area contributed by atoms with Crippen LogP contribution in [0.3, 0.4) is 0 Å². The molecule has 3 aliphatic rings. The number of benzene rings is 2. The Hall–Kier alpha value is -2.97. The highest BCUT2D eigenvalue weighted by atomic mass is 32.2. The maximum atomic E-state index is 13.1. The van der Waals surface area contributed by atoms with E-state index in [1.807, 2.05) is 32.9 Å². The fourth-order valence-corrected chi connectivity index (χ4v) is 7.83. The largest absolute Gasteiger partial charge is 0.325 e. The van der Waals surface area contributed by atoms with Gasteiger partial charge in [0, 0.05) is 5.69 Å². The lowest BCUT2D eigenvalue weighted by molar-refractivity contribution is -0.123. The van der Waals surface area contributed by atoms with Crippen LogP contribution in [0.4, 0.5) is 11.4 Å². The van der Waals surface area contributed by atoms with E-state index in [0.717, 1.165) is 37.8 Å². The number of nitrogens with zero attached hydrogens (tertiary/aromatic N) is 2. The van der Waals surface area contributed by atoms with Crippen LogP contribution in [0.25, 0.3) is 10.2 Å². The summed E-state index contributed by atoms with van der Waals surface area (Å²) in [6, 6.07) is 9.66. The van der Waals surface area contributed by atoms with Crippen LogP contribution in [-0.4, -0.2) is 28.5 Å². The zero-order valence-electron chi connectivity index (χ0n) is 19.7. The third-order valence-corrected chi connectivity index (χ3v) is 9.51. The molecule has 1 aliphatic heterocycles.